The van der Waals surface area contributed by atoms with Crippen LogP contribution in [0.25, 0.3) is 0 Å². The molecule has 5 aliphatic rings. The predicted molar refractivity (Wildman–Crippen MR) is 158 cm³/mol. The number of hydrogen-bond acceptors (Lipinski definition) is 13. The van der Waals surface area contributed by atoms with Crippen LogP contribution in [0.3, 0.4) is 0 Å². The third kappa shape index (κ3) is 4.96. The molecule has 3 saturated heterocycles. The van der Waals surface area contributed by atoms with Crippen molar-refractivity contribution < 1.29 is 62.7 Å². The van der Waals surface area contributed by atoms with Crippen molar-refractivity contribution in [3.8, 4) is 28.7 Å². The van der Waals surface area contributed by atoms with Crippen molar-refractivity contribution in [3.63, 3.8) is 0 Å². The number of phenolic OH excluding ortho intramolecular Hbond substituents is 1. The summed E-state index contributed by atoms with van der Waals surface area (Å²) >= 11 is 0. The van der Waals surface area contributed by atoms with Gasteiger partial charge >= 0.3 is 5.97 Å². The molecule has 13 heteroatoms. The highest BCUT2D eigenvalue weighted by atomic mass is 16.8. The van der Waals surface area contributed by atoms with Crippen molar-refractivity contribution in [1.82, 2.24) is 0 Å². The molecule has 0 saturated carbocycles. The number of methoxy groups -OCH3 is 2. The highest BCUT2D eigenvalue weighted by Gasteiger charge is 2.56. The van der Waals surface area contributed by atoms with Gasteiger partial charge in [0.25, 0.3) is 0 Å². The van der Waals surface area contributed by atoms with Gasteiger partial charge < -0.3 is 58.0 Å². The van der Waals surface area contributed by atoms with Gasteiger partial charge in [-0.05, 0) is 41.0 Å². The number of cyclic esters (lactones) is 1. The van der Waals surface area contributed by atoms with E-state index in [1.807, 2.05) is 36.4 Å². The van der Waals surface area contributed by atoms with Crippen molar-refractivity contribution in [3.05, 3.63) is 76.9 Å². The summed E-state index contributed by atoms with van der Waals surface area (Å²) in [5, 5.41) is 33.2. The van der Waals surface area contributed by atoms with Crippen LogP contribution in [0.15, 0.2) is 54.6 Å². The van der Waals surface area contributed by atoms with Crippen LogP contribution in [0.5, 0.6) is 28.7 Å². The van der Waals surface area contributed by atoms with E-state index in [1.54, 1.807) is 18.2 Å². The minimum Gasteiger partial charge on any atom is -0.502 e. The molecule has 13 nitrogen and oxygen atoms in total. The lowest BCUT2D eigenvalue weighted by molar-refractivity contribution is -0.369. The largest absolute Gasteiger partial charge is 0.502 e. The molecule has 0 radical (unpaired) electrons. The van der Waals surface area contributed by atoms with Crippen molar-refractivity contribution >= 4 is 5.97 Å². The molecule has 3 aromatic rings. The van der Waals surface area contributed by atoms with Crippen LogP contribution in [0.4, 0.5) is 0 Å². The lowest BCUT2D eigenvalue weighted by atomic mass is 9.66. The Morgan fingerprint density at radius 1 is 0.809 bits per heavy atom. The number of ether oxygens (including phenoxy) is 9. The number of phenols is 1. The molecule has 10 atom stereocenters. The van der Waals surface area contributed by atoms with Crippen molar-refractivity contribution in [1.29, 1.82) is 0 Å². The van der Waals surface area contributed by atoms with Crippen molar-refractivity contribution in [2.75, 3.05) is 34.2 Å². The second-order valence-electron chi connectivity index (χ2n) is 12.2. The van der Waals surface area contributed by atoms with Gasteiger partial charge in [0.1, 0.15) is 24.4 Å². The van der Waals surface area contributed by atoms with Gasteiger partial charge in [0.05, 0.1) is 39.5 Å². The first-order valence-corrected chi connectivity index (χ1v) is 15.4. The fraction of sp³-hybridized carbons (Fsp3) is 0.441. The van der Waals surface area contributed by atoms with Gasteiger partial charge in [-0.25, -0.2) is 0 Å². The molecule has 0 bridgehead atoms. The second kappa shape index (κ2) is 11.8. The van der Waals surface area contributed by atoms with Gasteiger partial charge in [0.15, 0.2) is 35.6 Å². The standard InChI is InChI=1S/C34H34O13/c1-39-22-8-16(9-23(40-2)27(22)35)25-17-10-20-21(44-14-43-20)11-18(17)30(19-12-41-32(38)26(19)25)46-34-29(37)28(36)31-24(45-34)13-42-33(47-31)15-6-4-3-5-7-15/h3-11,19,24-26,28-31,33-37H,12-14H2,1-2H3/t19-,24?,25+,26-,28+,29+,30-,31+,33?,34-/m0/s1. The maximum Gasteiger partial charge on any atom is 0.310 e. The monoisotopic (exact) mass is 650 g/mol. The quantitative estimate of drug-likeness (QED) is 0.335. The first-order valence-electron chi connectivity index (χ1n) is 15.4. The highest BCUT2D eigenvalue weighted by molar-refractivity contribution is 5.79. The van der Waals surface area contributed by atoms with Gasteiger partial charge in [0, 0.05) is 17.4 Å². The van der Waals surface area contributed by atoms with E-state index < -0.39 is 66.8 Å². The third-order valence-electron chi connectivity index (χ3n) is 9.67. The summed E-state index contributed by atoms with van der Waals surface area (Å²) in [6.07, 6.45) is -7.29. The number of aromatic hydroxyl groups is 1. The zero-order valence-electron chi connectivity index (χ0n) is 25.5. The number of aliphatic hydroxyl groups is 2. The van der Waals surface area contributed by atoms with Gasteiger partial charge in [0.2, 0.25) is 12.5 Å². The zero-order valence-corrected chi connectivity index (χ0v) is 25.5. The van der Waals surface area contributed by atoms with E-state index in [0.717, 1.165) is 5.56 Å². The minimum atomic E-state index is -1.48. The molecule has 4 heterocycles. The molecular weight excluding hydrogens is 616 g/mol. The van der Waals surface area contributed by atoms with Crippen LogP contribution in [-0.4, -0.2) is 86.2 Å². The zero-order chi connectivity index (χ0) is 32.4. The van der Waals surface area contributed by atoms with Gasteiger partial charge in [-0.3, -0.25) is 4.79 Å². The molecule has 8 rings (SSSR count). The Hall–Kier alpha value is -4.11. The molecule has 1 aliphatic carbocycles. The number of carbonyl (C=O) groups is 1. The smallest absolute Gasteiger partial charge is 0.310 e. The molecule has 3 N–H and O–H groups in total. The Morgan fingerprint density at radius 3 is 2.21 bits per heavy atom. The average molecular weight is 651 g/mol. The van der Waals surface area contributed by atoms with E-state index >= 15 is 0 Å². The Morgan fingerprint density at radius 2 is 1.51 bits per heavy atom. The Labute approximate surface area is 269 Å². The van der Waals surface area contributed by atoms with Crippen molar-refractivity contribution in [2.24, 2.45) is 11.8 Å². The van der Waals surface area contributed by atoms with E-state index in [1.165, 1.54) is 14.2 Å². The minimum absolute atomic E-state index is 0.0217. The second-order valence-corrected chi connectivity index (χ2v) is 12.2. The van der Waals surface area contributed by atoms with E-state index in [0.29, 0.717) is 28.2 Å². The maximum atomic E-state index is 13.5. The first kappa shape index (κ1) is 30.2. The number of carbonyl (C=O) groups excluding carboxylic acids is 1. The predicted octanol–water partition coefficient (Wildman–Crippen LogP) is 2.69. The number of benzene rings is 3. The number of fused-ring (bicyclic) bond motifs is 4. The van der Waals surface area contributed by atoms with Crippen LogP contribution >= 0.6 is 0 Å². The Kier molecular flexibility index (Phi) is 7.62. The first-order chi connectivity index (χ1) is 22.9. The summed E-state index contributed by atoms with van der Waals surface area (Å²) in [6, 6.07) is 16.2. The summed E-state index contributed by atoms with van der Waals surface area (Å²) in [6.45, 7) is 0.148. The van der Waals surface area contributed by atoms with E-state index in [-0.39, 0.29) is 37.3 Å². The van der Waals surface area contributed by atoms with Gasteiger partial charge in [-0.2, -0.15) is 0 Å². The van der Waals surface area contributed by atoms with Crippen LogP contribution in [-0.2, 0) is 28.5 Å². The topological polar surface area (TPSA) is 161 Å². The molecular formula is C34H34O13. The molecule has 0 spiro atoms. The van der Waals surface area contributed by atoms with Gasteiger partial charge in [-0.15, -0.1) is 0 Å². The molecule has 4 aliphatic heterocycles. The van der Waals surface area contributed by atoms with Crippen LogP contribution in [0.1, 0.15) is 40.6 Å². The number of hydrogen-bond donors (Lipinski definition) is 3. The lowest BCUT2D eigenvalue weighted by Crippen LogP contribution is -2.62. The third-order valence-corrected chi connectivity index (χ3v) is 9.67. The average Bonchev–Trinajstić information content (AvgIpc) is 3.72. The molecule has 47 heavy (non-hydrogen) atoms. The molecule has 0 aromatic heterocycles. The SMILES string of the molecule is COc1cc([C@@H]2c3cc4c(cc3[C@H](O[C@@H]3OC5COC(c6ccccc6)O[C@H]5[C@H](O)[C@H]3O)[C@H]3COC(=O)[C@H]23)OCO4)cc(OC)c1O. The van der Waals surface area contributed by atoms with E-state index in [9.17, 15) is 20.1 Å². The Balaban J connectivity index is 1.15. The summed E-state index contributed by atoms with van der Waals surface area (Å²) < 4.78 is 52.7. The normalized spacial score (nSPS) is 33.7. The summed E-state index contributed by atoms with van der Waals surface area (Å²) in [4.78, 5) is 13.5. The Bertz CT molecular complexity index is 1640. The highest BCUT2D eigenvalue weighted by Crippen LogP contribution is 2.57. The molecule has 3 aromatic carbocycles. The van der Waals surface area contributed by atoms with Crippen LogP contribution in [0, 0.1) is 11.8 Å². The molecule has 2 unspecified atom stereocenters. The summed E-state index contributed by atoms with van der Waals surface area (Å²) in [5.74, 6) is -1.11. The molecule has 0 amide bonds. The number of aliphatic hydroxyl groups excluding tert-OH is 2. The fourth-order valence-electron chi connectivity index (χ4n) is 7.39. The van der Waals surface area contributed by atoms with E-state index in [4.69, 9.17) is 42.6 Å². The summed E-state index contributed by atoms with van der Waals surface area (Å²) in [5.41, 5.74) is 2.77. The van der Waals surface area contributed by atoms with Crippen molar-refractivity contribution in [2.45, 2.75) is 49.0 Å². The van der Waals surface area contributed by atoms with Crippen LogP contribution < -0.4 is 18.9 Å². The molecule has 3 fully saturated rings. The number of rotatable bonds is 6. The van der Waals surface area contributed by atoms with E-state index in [2.05, 4.69) is 0 Å². The summed E-state index contributed by atoms with van der Waals surface area (Å²) in [7, 11) is 2.86. The van der Waals surface area contributed by atoms with Crippen LogP contribution in [0.2, 0.25) is 0 Å². The maximum absolute atomic E-state index is 13.5. The number of esters is 1. The lowest BCUT2D eigenvalue weighted by Gasteiger charge is -2.48. The molecule has 248 valence electrons. The fourth-order valence-corrected chi connectivity index (χ4v) is 7.39. The van der Waals surface area contributed by atoms with Gasteiger partial charge in [-0.1, -0.05) is 30.3 Å².